The minimum atomic E-state index is -0.415. The first kappa shape index (κ1) is 15.0. The van der Waals surface area contributed by atoms with Crippen LogP contribution in [-0.4, -0.2) is 40.8 Å². The Morgan fingerprint density at radius 2 is 1.95 bits per heavy atom. The van der Waals surface area contributed by atoms with Gasteiger partial charge in [-0.15, -0.1) is 0 Å². The van der Waals surface area contributed by atoms with Gasteiger partial charge < -0.3 is 15.4 Å². The van der Waals surface area contributed by atoms with Gasteiger partial charge in [0.1, 0.15) is 5.60 Å². The van der Waals surface area contributed by atoms with Crippen LogP contribution >= 0.6 is 11.8 Å². The number of carbonyl (C=O) groups is 1. The van der Waals surface area contributed by atoms with E-state index in [1.54, 1.807) is 0 Å². The summed E-state index contributed by atoms with van der Waals surface area (Å²) in [5, 5.41) is 7.36. The number of alkyl carbamates (subject to hydrolysis) is 1. The summed E-state index contributed by atoms with van der Waals surface area (Å²) in [7, 11) is 0. The van der Waals surface area contributed by atoms with Gasteiger partial charge in [-0.25, -0.2) is 4.79 Å². The third-order valence-electron chi connectivity index (χ3n) is 3.68. The summed E-state index contributed by atoms with van der Waals surface area (Å²) in [5.74, 6) is 1.27. The van der Waals surface area contributed by atoms with E-state index >= 15 is 0 Å². The molecular weight excluding hydrogens is 260 g/mol. The highest BCUT2D eigenvalue weighted by atomic mass is 32.2. The van der Waals surface area contributed by atoms with E-state index in [0.29, 0.717) is 12.1 Å². The molecule has 0 aromatic heterocycles. The van der Waals surface area contributed by atoms with Crippen molar-refractivity contribution < 1.29 is 9.53 Å². The highest BCUT2D eigenvalue weighted by Gasteiger charge is 2.35. The molecule has 4 nitrogen and oxygen atoms in total. The van der Waals surface area contributed by atoms with Gasteiger partial charge in [0.05, 0.1) is 0 Å². The summed E-state index contributed by atoms with van der Waals surface area (Å²) in [6, 6.07) is 1.49. The lowest BCUT2D eigenvalue weighted by Crippen LogP contribution is -2.56. The van der Waals surface area contributed by atoms with E-state index in [1.807, 2.05) is 32.5 Å². The fourth-order valence-electron chi connectivity index (χ4n) is 2.60. The van der Waals surface area contributed by atoms with Crippen LogP contribution in [0.2, 0.25) is 0 Å². The zero-order valence-electron chi connectivity index (χ0n) is 12.4. The molecule has 1 aliphatic carbocycles. The van der Waals surface area contributed by atoms with Crippen LogP contribution in [0.5, 0.6) is 0 Å². The van der Waals surface area contributed by atoms with Crippen molar-refractivity contribution in [2.45, 2.75) is 75.9 Å². The van der Waals surface area contributed by atoms with Crippen LogP contribution in [-0.2, 0) is 4.74 Å². The summed E-state index contributed by atoms with van der Waals surface area (Å²) in [6.07, 6.45) is 3.02. The molecule has 2 rings (SSSR count). The van der Waals surface area contributed by atoms with Gasteiger partial charge in [0.15, 0.2) is 0 Å². The summed E-state index contributed by atoms with van der Waals surface area (Å²) in [6.45, 7) is 7.95. The van der Waals surface area contributed by atoms with E-state index in [1.165, 1.54) is 12.2 Å². The topological polar surface area (TPSA) is 50.4 Å². The smallest absolute Gasteiger partial charge is 0.407 e. The molecule has 1 saturated carbocycles. The first-order chi connectivity index (χ1) is 8.83. The van der Waals surface area contributed by atoms with Crippen LogP contribution in [0.15, 0.2) is 0 Å². The number of hydrogen-bond donors (Lipinski definition) is 2. The number of nitrogens with one attached hydrogen (secondary N) is 2. The Bertz CT molecular complexity index is 324. The van der Waals surface area contributed by atoms with Crippen LogP contribution < -0.4 is 10.6 Å². The molecule has 19 heavy (non-hydrogen) atoms. The van der Waals surface area contributed by atoms with Crippen molar-refractivity contribution in [3.05, 3.63) is 0 Å². The van der Waals surface area contributed by atoms with Gasteiger partial charge in [-0.3, -0.25) is 0 Å². The van der Waals surface area contributed by atoms with Crippen LogP contribution in [0.3, 0.4) is 0 Å². The molecule has 2 aliphatic rings. The lowest BCUT2D eigenvalue weighted by atomic mass is 9.86. The van der Waals surface area contributed by atoms with E-state index in [-0.39, 0.29) is 12.1 Å². The average molecular weight is 286 g/mol. The summed E-state index contributed by atoms with van der Waals surface area (Å²) >= 11 is 2.05. The van der Waals surface area contributed by atoms with E-state index in [9.17, 15) is 4.79 Å². The summed E-state index contributed by atoms with van der Waals surface area (Å²) in [4.78, 5) is 11.6. The molecule has 1 heterocycles. The SMILES string of the molecule is CC1SCCC1NC1CC(NC(=O)OC(C)(C)C)C1. The molecule has 2 unspecified atom stereocenters. The van der Waals surface area contributed by atoms with Crippen molar-refractivity contribution in [1.82, 2.24) is 10.6 Å². The Morgan fingerprint density at radius 3 is 2.47 bits per heavy atom. The van der Waals surface area contributed by atoms with Crippen molar-refractivity contribution in [3.8, 4) is 0 Å². The highest BCUT2D eigenvalue weighted by molar-refractivity contribution is 8.00. The second-order valence-corrected chi connectivity index (χ2v) is 8.13. The van der Waals surface area contributed by atoms with Gasteiger partial charge in [-0.2, -0.15) is 11.8 Å². The maximum absolute atomic E-state index is 11.6. The van der Waals surface area contributed by atoms with Crippen molar-refractivity contribution in [1.29, 1.82) is 0 Å². The Kier molecular flexibility index (Phi) is 4.66. The third kappa shape index (κ3) is 4.56. The molecule has 1 amide bonds. The molecule has 0 spiro atoms. The van der Waals surface area contributed by atoms with Crippen molar-refractivity contribution in [3.63, 3.8) is 0 Å². The molecule has 0 aromatic rings. The molecule has 110 valence electrons. The Balaban J connectivity index is 1.62. The number of carbonyl (C=O) groups excluding carboxylic acids is 1. The molecule has 0 radical (unpaired) electrons. The first-order valence-corrected chi connectivity index (χ1v) is 8.25. The minimum Gasteiger partial charge on any atom is -0.444 e. The zero-order chi connectivity index (χ0) is 14.0. The molecule has 1 aliphatic heterocycles. The van der Waals surface area contributed by atoms with E-state index in [2.05, 4.69) is 17.6 Å². The molecule has 0 bridgehead atoms. The lowest BCUT2D eigenvalue weighted by molar-refractivity contribution is 0.0463. The van der Waals surface area contributed by atoms with Crippen molar-refractivity contribution in [2.24, 2.45) is 0 Å². The van der Waals surface area contributed by atoms with Gasteiger partial charge in [0.25, 0.3) is 0 Å². The molecule has 0 aromatic carbocycles. The lowest BCUT2D eigenvalue weighted by Gasteiger charge is -2.39. The van der Waals surface area contributed by atoms with E-state index in [4.69, 9.17) is 4.74 Å². The van der Waals surface area contributed by atoms with E-state index in [0.717, 1.165) is 18.1 Å². The molecule has 5 heteroatoms. The van der Waals surface area contributed by atoms with Gasteiger partial charge in [0, 0.05) is 23.4 Å². The second-order valence-electron chi connectivity index (χ2n) is 6.65. The minimum absolute atomic E-state index is 0.275. The number of rotatable bonds is 3. The number of hydrogen-bond acceptors (Lipinski definition) is 4. The quantitative estimate of drug-likeness (QED) is 0.837. The normalized spacial score (nSPS) is 34.7. The maximum Gasteiger partial charge on any atom is 0.407 e. The zero-order valence-corrected chi connectivity index (χ0v) is 13.2. The molecule has 1 saturated heterocycles. The number of ether oxygens (including phenoxy) is 1. The first-order valence-electron chi connectivity index (χ1n) is 7.20. The van der Waals surface area contributed by atoms with Crippen LogP contribution in [0.4, 0.5) is 4.79 Å². The molecule has 2 atom stereocenters. The van der Waals surface area contributed by atoms with Crippen LogP contribution in [0, 0.1) is 0 Å². The van der Waals surface area contributed by atoms with Crippen molar-refractivity contribution in [2.75, 3.05) is 5.75 Å². The summed E-state index contributed by atoms with van der Waals surface area (Å²) in [5.41, 5.74) is -0.415. The fraction of sp³-hybridized carbons (Fsp3) is 0.929. The second kappa shape index (κ2) is 5.92. The Labute approximate surface area is 120 Å². The number of amides is 1. The predicted molar refractivity (Wildman–Crippen MR) is 79.6 cm³/mol. The summed E-state index contributed by atoms with van der Waals surface area (Å²) < 4.78 is 5.26. The van der Waals surface area contributed by atoms with Crippen LogP contribution in [0.25, 0.3) is 0 Å². The molecule has 2 fully saturated rings. The maximum atomic E-state index is 11.6. The Morgan fingerprint density at radius 1 is 1.26 bits per heavy atom. The van der Waals surface area contributed by atoms with Gasteiger partial charge in [-0.05, 0) is 45.8 Å². The van der Waals surface area contributed by atoms with Crippen LogP contribution in [0.1, 0.15) is 47.0 Å². The fourth-order valence-corrected chi connectivity index (χ4v) is 3.81. The highest BCUT2D eigenvalue weighted by Crippen LogP contribution is 2.29. The number of thioether (sulfide) groups is 1. The largest absolute Gasteiger partial charge is 0.444 e. The molecular formula is C14H26N2O2S. The Hall–Kier alpha value is -0.420. The van der Waals surface area contributed by atoms with Gasteiger partial charge >= 0.3 is 6.09 Å². The average Bonchev–Trinajstić information content (AvgIpc) is 2.58. The molecule has 2 N–H and O–H groups in total. The van der Waals surface area contributed by atoms with Crippen molar-refractivity contribution >= 4 is 17.9 Å². The predicted octanol–water partition coefficient (Wildman–Crippen LogP) is 2.53. The standard InChI is InChI=1S/C14H26N2O2S/c1-9-12(5-6-19-9)15-10-7-11(8-10)16-13(17)18-14(2,3)4/h9-12,15H,5-8H2,1-4H3,(H,16,17). The third-order valence-corrected chi connectivity index (χ3v) is 5.01. The van der Waals surface area contributed by atoms with Gasteiger partial charge in [0.2, 0.25) is 0 Å². The van der Waals surface area contributed by atoms with Gasteiger partial charge in [-0.1, -0.05) is 6.92 Å². The van der Waals surface area contributed by atoms with E-state index < -0.39 is 5.60 Å². The monoisotopic (exact) mass is 286 g/mol.